The smallest absolute Gasteiger partial charge is 0.246 e. The second-order valence-corrected chi connectivity index (χ2v) is 29.8. The lowest BCUT2D eigenvalue weighted by molar-refractivity contribution is -0.284. The Hall–Kier alpha value is -11.2. The van der Waals surface area contributed by atoms with E-state index < -0.39 is 180 Å². The van der Waals surface area contributed by atoms with Gasteiger partial charge in [-0.1, -0.05) is 72.8 Å². The molecule has 0 radical (unpaired) electrons. The lowest BCUT2D eigenvalue weighted by Crippen LogP contribution is -2.65. The fourth-order valence-electron chi connectivity index (χ4n) is 15.2. The predicted octanol–water partition coefficient (Wildman–Crippen LogP) is 5.68. The molecular formula is C79H83Cl2N11O21. The summed E-state index contributed by atoms with van der Waals surface area (Å²) < 4.78 is 32.2. The van der Waals surface area contributed by atoms with Crippen molar-refractivity contribution in [2.45, 2.75) is 149 Å². The number of ether oxygens (including phenoxy) is 5. The van der Waals surface area contributed by atoms with Gasteiger partial charge in [-0.25, -0.2) is 0 Å². The number of carbonyl (C=O) groups is 7. The maximum absolute atomic E-state index is 16.5. The number of fused-ring (bicyclic) bond motifs is 11. The summed E-state index contributed by atoms with van der Waals surface area (Å²) in [5.41, 5.74) is 5.34. The third kappa shape index (κ3) is 16.8. The molecule has 13 atom stereocenters. The summed E-state index contributed by atoms with van der Waals surface area (Å²) in [6.45, 7) is 0.950. The number of halogens is 2. The molecule has 20 N–H and O–H groups in total. The van der Waals surface area contributed by atoms with Crippen molar-refractivity contribution in [3.05, 3.63) is 175 Å². The minimum Gasteiger partial charge on any atom is -0.508 e. The number of phenols is 4. The molecule has 1 saturated heterocycles. The fraction of sp³-hybridized carbons (Fsp3) is 0.354. The van der Waals surface area contributed by atoms with Gasteiger partial charge in [0.25, 0.3) is 0 Å². The molecule has 0 aromatic heterocycles. The number of aromatic hydroxyl groups is 4. The van der Waals surface area contributed by atoms with Gasteiger partial charge in [0.05, 0.1) is 40.6 Å². The molecule has 17 bridgehead atoms. The van der Waals surface area contributed by atoms with Crippen LogP contribution < -0.4 is 57.2 Å². The summed E-state index contributed by atoms with van der Waals surface area (Å²) in [5, 5.41) is 139. The molecule has 7 heterocycles. The number of carbonyl (C=O) groups excluding carboxylic acids is 7. The second-order valence-electron chi connectivity index (χ2n) is 29.0. The molecule has 8 aliphatic rings. The highest BCUT2D eigenvalue weighted by molar-refractivity contribution is 6.32. The molecule has 0 saturated carbocycles. The van der Waals surface area contributed by atoms with Gasteiger partial charge in [0.1, 0.15) is 77.3 Å². The molecule has 5 amide bonds. The largest absolute Gasteiger partial charge is 0.508 e. The van der Waals surface area contributed by atoms with Gasteiger partial charge in [-0.3, -0.25) is 54.6 Å². The van der Waals surface area contributed by atoms with Crippen LogP contribution >= 0.6 is 23.2 Å². The minimum absolute atomic E-state index is 0.0458. The molecule has 34 heteroatoms. The number of aliphatic hydroxyl groups excluding tert-OH is 3. The monoisotopic (exact) mass is 1590 g/mol. The highest BCUT2D eigenvalue weighted by Crippen LogP contribution is 2.53. The number of Topliss-reactive ketones (excluding diaryl/α,β-unsaturated/α-hetero) is 2. The standard InChI is InChI=1S/C79H83Cl2N11O21/c1-34-44-29-42(95)30-49-63(44)47-23-36(11-14-48(47)79(49,107)108)45-32-55(98)64-40-26-59(110-56-16-10-35(19-50(56)80)20-52-54(97)31-46(73(104)89-64)39-21-41(94)28-43(22-39)109-58-25-37(12-15-53(58)96)67(92(2)3)75(106)87-52)68(100)60(27-40)111-57-17-13-38(24-51(57)81)71(66(74(105)86-34)90-72(45)103)113-76-65(70(102)69(101)61(33-93)112-76)88-62(99)9-7-5-4-6-8-18-85-78(84)91-77(82)83/h10-17,19,21-30,34,45-46,52,61,64-67,69-71,76,93-96,100-102,107-108H,4-9,18,20,31-33H2,1-3H3,(H,86,105)(H,87,106)(H,88,99)(H,89,104)(H,90,103)(H6,82,83,84,85,91). The van der Waals surface area contributed by atoms with Crippen molar-refractivity contribution in [2.24, 2.45) is 5.73 Å². The van der Waals surface area contributed by atoms with Crippen molar-refractivity contribution in [1.29, 1.82) is 10.8 Å². The molecule has 7 aromatic rings. The van der Waals surface area contributed by atoms with Gasteiger partial charge < -0.3 is 107 Å². The van der Waals surface area contributed by atoms with Crippen molar-refractivity contribution in [1.82, 2.24) is 42.1 Å². The number of phenolic OH excluding ortho intramolecular Hbond substituents is 4. The summed E-state index contributed by atoms with van der Waals surface area (Å²) in [7, 11) is 3.21. The fourth-order valence-corrected chi connectivity index (χ4v) is 15.7. The third-order valence-corrected chi connectivity index (χ3v) is 21.5. The van der Waals surface area contributed by atoms with Gasteiger partial charge in [0.2, 0.25) is 41.1 Å². The first kappa shape index (κ1) is 79.9. The number of amides is 5. The highest BCUT2D eigenvalue weighted by atomic mass is 35.5. The maximum atomic E-state index is 16.5. The number of benzene rings is 7. The number of ketones is 2. The zero-order valence-corrected chi connectivity index (χ0v) is 62.5. The predicted molar refractivity (Wildman–Crippen MR) is 404 cm³/mol. The number of hydrogen-bond acceptors (Lipinski definition) is 24. The Balaban J connectivity index is 0.957. The molecule has 594 valence electrons. The van der Waals surface area contributed by atoms with Crippen LogP contribution in [0.4, 0.5) is 0 Å². The van der Waals surface area contributed by atoms with E-state index in [2.05, 4.69) is 37.2 Å². The molecule has 1 fully saturated rings. The van der Waals surface area contributed by atoms with Gasteiger partial charge in [-0.2, -0.15) is 0 Å². The first-order valence-corrected chi connectivity index (χ1v) is 37.1. The van der Waals surface area contributed by atoms with E-state index in [9.17, 15) is 55.5 Å². The molecule has 0 spiro atoms. The van der Waals surface area contributed by atoms with Crippen molar-refractivity contribution < 1.29 is 103 Å². The van der Waals surface area contributed by atoms with Gasteiger partial charge in [-0.05, 0) is 169 Å². The minimum atomic E-state index is -2.84. The highest BCUT2D eigenvalue weighted by Gasteiger charge is 2.50. The SMILES string of the molecule is CC1NC(=O)C2NC(=O)C(CC(=O)C3NC(=O)C4CC(=O)C(Cc5ccc(c(Cl)c5)Oc5cc3cc(c5O)Oc3ccc(cc3Cl)C2OC2OC(CO)C(O)C(O)C2NC(=O)CCCCCCCNC(=N)NC(=N)N)NC(=O)C(N(C)C)c2ccc(O)c(c2)Oc2cc(O)cc4c2)c2ccc3c(c2)-c2c1cc(O)cc2C3(O)O. The molecule has 7 aromatic carbocycles. The Morgan fingerprint density at radius 1 is 0.646 bits per heavy atom. The Bertz CT molecular complexity index is 4990. The van der Waals surface area contributed by atoms with E-state index in [0.29, 0.717) is 49.8 Å². The number of hydrogen-bond donors (Lipinski definition) is 19. The van der Waals surface area contributed by atoms with Gasteiger partial charge in [0, 0.05) is 43.0 Å². The quantitative estimate of drug-likeness (QED) is 0.0286. The number of nitrogens with one attached hydrogen (secondary N) is 9. The number of nitrogens with two attached hydrogens (primary N) is 1. The van der Waals surface area contributed by atoms with Crippen LogP contribution in [0.5, 0.6) is 57.5 Å². The average molecular weight is 1590 g/mol. The number of nitrogens with zero attached hydrogens (tertiary/aromatic N) is 1. The van der Waals surface area contributed by atoms with E-state index in [4.69, 9.17) is 63.4 Å². The van der Waals surface area contributed by atoms with Crippen molar-refractivity contribution in [3.63, 3.8) is 0 Å². The van der Waals surface area contributed by atoms with Crippen LogP contribution in [-0.2, 0) is 55.2 Å². The lowest BCUT2D eigenvalue weighted by Gasteiger charge is -2.44. The van der Waals surface area contributed by atoms with E-state index in [1.54, 1.807) is 19.0 Å². The van der Waals surface area contributed by atoms with E-state index in [0.717, 1.165) is 18.2 Å². The lowest BCUT2D eigenvalue weighted by atomic mass is 9.85. The van der Waals surface area contributed by atoms with Crippen LogP contribution in [0.25, 0.3) is 11.1 Å². The number of likely N-dealkylation sites (N-methyl/N-ethyl adjacent to an activating group) is 1. The van der Waals surface area contributed by atoms with Crippen LogP contribution in [-0.4, -0.2) is 174 Å². The Kier molecular flexibility index (Phi) is 23.2. The van der Waals surface area contributed by atoms with Crippen LogP contribution in [0, 0.1) is 10.8 Å². The molecule has 13 unspecified atom stereocenters. The van der Waals surface area contributed by atoms with Gasteiger partial charge in [0.15, 0.2) is 52.8 Å². The van der Waals surface area contributed by atoms with Gasteiger partial charge >= 0.3 is 0 Å². The zero-order chi connectivity index (χ0) is 80.8. The molecule has 7 aliphatic heterocycles. The molecular weight excluding hydrogens is 1510 g/mol. The maximum Gasteiger partial charge on any atom is 0.246 e. The number of rotatable bonds is 13. The molecule has 32 nitrogen and oxygen atoms in total. The third-order valence-electron chi connectivity index (χ3n) is 20.9. The number of unbranched alkanes of at least 4 members (excludes halogenated alkanes) is 4. The molecule has 1 aliphatic carbocycles. The van der Waals surface area contributed by atoms with Crippen molar-refractivity contribution in [3.8, 4) is 68.6 Å². The summed E-state index contributed by atoms with van der Waals surface area (Å²) in [4.78, 5) is 111. The molecule has 15 rings (SSSR count). The summed E-state index contributed by atoms with van der Waals surface area (Å²) in [6, 6.07) is 15.0. The molecule has 113 heavy (non-hydrogen) atoms. The van der Waals surface area contributed by atoms with Crippen LogP contribution in [0.2, 0.25) is 10.0 Å². The van der Waals surface area contributed by atoms with E-state index in [1.165, 1.54) is 104 Å². The van der Waals surface area contributed by atoms with Crippen molar-refractivity contribution >= 4 is 76.2 Å². The second kappa shape index (κ2) is 32.9. The Labute approximate surface area is 655 Å². The average Bonchev–Trinajstić information content (AvgIpc) is 1.56. The Morgan fingerprint density at radius 2 is 1.30 bits per heavy atom. The van der Waals surface area contributed by atoms with Crippen LogP contribution in [0.3, 0.4) is 0 Å². The topological polar surface area (TPSA) is 509 Å². The number of aliphatic hydroxyl groups is 5. The number of guanidine groups is 2. The summed E-state index contributed by atoms with van der Waals surface area (Å²) in [5.74, 6) is -17.4. The van der Waals surface area contributed by atoms with E-state index >= 15 is 24.0 Å². The Morgan fingerprint density at radius 3 is 2.01 bits per heavy atom. The summed E-state index contributed by atoms with van der Waals surface area (Å²) >= 11 is 14.3. The summed E-state index contributed by atoms with van der Waals surface area (Å²) in [6.07, 6.45) is -8.73. The van der Waals surface area contributed by atoms with E-state index in [-0.39, 0.29) is 108 Å². The zero-order valence-electron chi connectivity index (χ0n) is 61.0. The van der Waals surface area contributed by atoms with Gasteiger partial charge in [-0.15, -0.1) is 0 Å². The first-order valence-electron chi connectivity index (χ1n) is 36.4. The van der Waals surface area contributed by atoms with E-state index in [1.807, 2.05) is 0 Å². The normalized spacial score (nSPS) is 24.4. The van der Waals surface area contributed by atoms with Crippen LogP contribution in [0.1, 0.15) is 144 Å². The first-order chi connectivity index (χ1) is 53.8. The van der Waals surface area contributed by atoms with Crippen molar-refractivity contribution in [2.75, 3.05) is 27.2 Å². The van der Waals surface area contributed by atoms with Crippen LogP contribution in [0.15, 0.2) is 115 Å².